The Hall–Kier alpha value is -1.88. The molecule has 1 unspecified atom stereocenters. The number of hydrogen-bond donors (Lipinski definition) is 1. The minimum absolute atomic E-state index is 0.0444. The summed E-state index contributed by atoms with van der Waals surface area (Å²) in [6.07, 6.45) is 2.19. The first-order chi connectivity index (χ1) is 10.2. The Bertz CT molecular complexity index is 643. The molecule has 1 atom stereocenters. The van der Waals surface area contributed by atoms with Gasteiger partial charge in [-0.1, -0.05) is 18.2 Å². The normalized spacial score (nSPS) is 18.9. The lowest BCUT2D eigenvalue weighted by Crippen LogP contribution is -2.48. The van der Waals surface area contributed by atoms with Gasteiger partial charge in [-0.15, -0.1) is 0 Å². The number of nitrogens with one attached hydrogen (secondary N) is 1. The van der Waals surface area contributed by atoms with Gasteiger partial charge < -0.3 is 10.2 Å². The standard InChI is InChI=1S/C16H22N4O/c1-3-20(12-7-6-10-17-11-12)16(21)15-13-8-4-5-9-14(13)19(2)18-15/h4-5,8-9,12,17H,3,6-7,10-11H2,1-2H3. The third-order valence-corrected chi connectivity index (χ3v) is 4.27. The van der Waals surface area contributed by atoms with Gasteiger partial charge in [0.1, 0.15) is 0 Å². The summed E-state index contributed by atoms with van der Waals surface area (Å²) in [4.78, 5) is 14.9. The first-order valence-corrected chi connectivity index (χ1v) is 7.65. The fourth-order valence-corrected chi connectivity index (χ4v) is 3.17. The lowest BCUT2D eigenvalue weighted by molar-refractivity contribution is 0.0657. The summed E-state index contributed by atoms with van der Waals surface area (Å²) < 4.78 is 1.79. The summed E-state index contributed by atoms with van der Waals surface area (Å²) in [5.74, 6) is 0.0444. The number of carbonyl (C=O) groups is 1. The van der Waals surface area contributed by atoms with Crippen molar-refractivity contribution in [2.75, 3.05) is 19.6 Å². The molecule has 1 aromatic carbocycles. The third-order valence-electron chi connectivity index (χ3n) is 4.27. The first kappa shape index (κ1) is 14.1. The maximum Gasteiger partial charge on any atom is 0.275 e. The zero-order valence-corrected chi connectivity index (χ0v) is 12.7. The molecular weight excluding hydrogens is 264 g/mol. The maximum absolute atomic E-state index is 12.9. The molecular formula is C16H22N4O. The first-order valence-electron chi connectivity index (χ1n) is 7.65. The molecule has 2 aromatic rings. The zero-order valence-electron chi connectivity index (χ0n) is 12.7. The van der Waals surface area contributed by atoms with Crippen molar-refractivity contribution in [1.82, 2.24) is 20.0 Å². The Morgan fingerprint density at radius 3 is 3.00 bits per heavy atom. The van der Waals surface area contributed by atoms with Crippen LogP contribution in [0.15, 0.2) is 24.3 Å². The number of benzene rings is 1. The minimum Gasteiger partial charge on any atom is -0.333 e. The Labute approximate surface area is 124 Å². The van der Waals surface area contributed by atoms with Crippen LogP contribution >= 0.6 is 0 Å². The van der Waals surface area contributed by atoms with E-state index < -0.39 is 0 Å². The van der Waals surface area contributed by atoms with E-state index in [9.17, 15) is 4.79 Å². The lowest BCUT2D eigenvalue weighted by Gasteiger charge is -2.33. The molecule has 1 fully saturated rings. The summed E-state index contributed by atoms with van der Waals surface area (Å²) in [5.41, 5.74) is 1.57. The maximum atomic E-state index is 12.9. The van der Waals surface area contributed by atoms with Crippen molar-refractivity contribution in [3.05, 3.63) is 30.0 Å². The molecule has 0 radical (unpaired) electrons. The molecule has 1 aliphatic heterocycles. The molecule has 21 heavy (non-hydrogen) atoms. The van der Waals surface area contributed by atoms with Gasteiger partial charge in [0.2, 0.25) is 0 Å². The van der Waals surface area contributed by atoms with E-state index in [0.717, 1.165) is 43.4 Å². The number of amides is 1. The predicted molar refractivity (Wildman–Crippen MR) is 83.3 cm³/mol. The van der Waals surface area contributed by atoms with Gasteiger partial charge in [0.25, 0.3) is 5.91 Å². The molecule has 3 rings (SSSR count). The van der Waals surface area contributed by atoms with E-state index in [0.29, 0.717) is 5.69 Å². The fraction of sp³-hybridized carbons (Fsp3) is 0.500. The molecule has 1 N–H and O–H groups in total. The molecule has 0 aliphatic carbocycles. The molecule has 1 amide bonds. The summed E-state index contributed by atoms with van der Waals surface area (Å²) >= 11 is 0. The van der Waals surface area contributed by atoms with Gasteiger partial charge in [0.05, 0.1) is 5.52 Å². The highest BCUT2D eigenvalue weighted by molar-refractivity contribution is 6.04. The molecule has 5 nitrogen and oxygen atoms in total. The van der Waals surface area contributed by atoms with Crippen LogP contribution in [0.4, 0.5) is 0 Å². The molecule has 1 aliphatic rings. The van der Waals surface area contributed by atoms with Gasteiger partial charge in [-0.05, 0) is 32.4 Å². The number of aromatic nitrogens is 2. The van der Waals surface area contributed by atoms with Crippen LogP contribution in [0, 0.1) is 0 Å². The Morgan fingerprint density at radius 1 is 1.48 bits per heavy atom. The highest BCUT2D eigenvalue weighted by Gasteiger charge is 2.27. The van der Waals surface area contributed by atoms with E-state index >= 15 is 0 Å². The van der Waals surface area contributed by atoms with Crippen LogP contribution in [0.5, 0.6) is 0 Å². The molecule has 5 heteroatoms. The van der Waals surface area contributed by atoms with Crippen LogP contribution in [0.2, 0.25) is 0 Å². The summed E-state index contributed by atoms with van der Waals surface area (Å²) in [6, 6.07) is 8.18. The Balaban J connectivity index is 1.94. The number of rotatable bonds is 3. The van der Waals surface area contributed by atoms with Crippen molar-refractivity contribution in [2.45, 2.75) is 25.8 Å². The number of likely N-dealkylation sites (N-methyl/N-ethyl adjacent to an activating group) is 1. The summed E-state index contributed by atoms with van der Waals surface area (Å²) in [5, 5.41) is 8.77. The van der Waals surface area contributed by atoms with E-state index in [1.54, 1.807) is 4.68 Å². The largest absolute Gasteiger partial charge is 0.333 e. The second-order valence-corrected chi connectivity index (χ2v) is 5.58. The Morgan fingerprint density at radius 2 is 2.29 bits per heavy atom. The highest BCUT2D eigenvalue weighted by Crippen LogP contribution is 2.21. The smallest absolute Gasteiger partial charge is 0.275 e. The lowest BCUT2D eigenvalue weighted by atomic mass is 10.0. The molecule has 0 bridgehead atoms. The van der Waals surface area contributed by atoms with Crippen molar-refractivity contribution in [3.8, 4) is 0 Å². The quantitative estimate of drug-likeness (QED) is 0.936. The average Bonchev–Trinajstić information content (AvgIpc) is 2.87. The molecule has 2 heterocycles. The third kappa shape index (κ3) is 2.53. The van der Waals surface area contributed by atoms with Crippen molar-refractivity contribution in [1.29, 1.82) is 0 Å². The van der Waals surface area contributed by atoms with Gasteiger partial charge in [-0.2, -0.15) is 5.10 Å². The summed E-state index contributed by atoms with van der Waals surface area (Å²) in [7, 11) is 1.89. The van der Waals surface area contributed by atoms with E-state index in [1.807, 2.05) is 43.1 Å². The topological polar surface area (TPSA) is 50.2 Å². The number of piperidine rings is 1. The van der Waals surface area contributed by atoms with Gasteiger partial charge >= 0.3 is 0 Å². The molecule has 0 saturated carbocycles. The fourth-order valence-electron chi connectivity index (χ4n) is 3.17. The van der Waals surface area contributed by atoms with Crippen LogP contribution in [0.3, 0.4) is 0 Å². The van der Waals surface area contributed by atoms with Gasteiger partial charge in [0, 0.05) is 31.6 Å². The number of nitrogens with zero attached hydrogens (tertiary/aromatic N) is 3. The van der Waals surface area contributed by atoms with Crippen LogP contribution in [0.1, 0.15) is 30.3 Å². The predicted octanol–water partition coefficient (Wildman–Crippen LogP) is 1.79. The molecule has 112 valence electrons. The molecule has 0 spiro atoms. The van der Waals surface area contributed by atoms with E-state index in [2.05, 4.69) is 10.4 Å². The van der Waals surface area contributed by atoms with Crippen molar-refractivity contribution >= 4 is 16.8 Å². The van der Waals surface area contributed by atoms with Crippen LogP contribution in [0.25, 0.3) is 10.9 Å². The van der Waals surface area contributed by atoms with Crippen molar-refractivity contribution in [2.24, 2.45) is 7.05 Å². The van der Waals surface area contributed by atoms with Crippen molar-refractivity contribution < 1.29 is 4.79 Å². The van der Waals surface area contributed by atoms with Gasteiger partial charge in [0.15, 0.2) is 5.69 Å². The number of fused-ring (bicyclic) bond motifs is 1. The van der Waals surface area contributed by atoms with Crippen LogP contribution in [-0.2, 0) is 7.05 Å². The van der Waals surface area contributed by atoms with Gasteiger partial charge in [-0.3, -0.25) is 9.48 Å². The van der Waals surface area contributed by atoms with Gasteiger partial charge in [-0.25, -0.2) is 0 Å². The number of hydrogen-bond acceptors (Lipinski definition) is 3. The number of aryl methyl sites for hydroxylation is 1. The second kappa shape index (κ2) is 5.85. The van der Waals surface area contributed by atoms with Crippen LogP contribution < -0.4 is 5.32 Å². The summed E-state index contributed by atoms with van der Waals surface area (Å²) in [6.45, 7) is 4.69. The van der Waals surface area contributed by atoms with E-state index in [1.165, 1.54) is 0 Å². The monoisotopic (exact) mass is 286 g/mol. The minimum atomic E-state index is 0.0444. The van der Waals surface area contributed by atoms with E-state index in [4.69, 9.17) is 0 Å². The zero-order chi connectivity index (χ0) is 14.8. The molecule has 1 saturated heterocycles. The number of carbonyl (C=O) groups excluding carboxylic acids is 1. The van der Waals surface area contributed by atoms with Crippen LogP contribution in [-0.4, -0.2) is 46.3 Å². The highest BCUT2D eigenvalue weighted by atomic mass is 16.2. The SMILES string of the molecule is CCN(C(=O)c1nn(C)c2ccccc12)C1CCCNC1. The molecule has 1 aromatic heterocycles. The van der Waals surface area contributed by atoms with E-state index in [-0.39, 0.29) is 11.9 Å². The number of para-hydroxylation sites is 1. The second-order valence-electron chi connectivity index (χ2n) is 5.58. The average molecular weight is 286 g/mol. The van der Waals surface area contributed by atoms with Crippen molar-refractivity contribution in [3.63, 3.8) is 0 Å². The Kier molecular flexibility index (Phi) is 3.92.